The number of halogens is 2. The number of carbonyl (C=O) groups excluding carboxylic acids is 5. The summed E-state index contributed by atoms with van der Waals surface area (Å²) in [4.78, 5) is 76.3. The molecule has 1 fully saturated rings. The summed E-state index contributed by atoms with van der Waals surface area (Å²) in [5.41, 5.74) is 3.05. The van der Waals surface area contributed by atoms with E-state index in [1.165, 1.54) is 38.6 Å². The molecule has 0 spiro atoms. The Bertz CT molecular complexity index is 2990. The van der Waals surface area contributed by atoms with Gasteiger partial charge in [-0.3, -0.25) is 19.2 Å². The molecule has 4 atom stereocenters. The van der Waals surface area contributed by atoms with Gasteiger partial charge in [0, 0.05) is 58.3 Å². The van der Waals surface area contributed by atoms with Gasteiger partial charge in [0.1, 0.15) is 49.7 Å². The van der Waals surface area contributed by atoms with Crippen LogP contribution >= 0.6 is 24.2 Å². The van der Waals surface area contributed by atoms with Crippen molar-refractivity contribution in [3.63, 3.8) is 0 Å². The van der Waals surface area contributed by atoms with E-state index in [0.29, 0.717) is 55.1 Å². The van der Waals surface area contributed by atoms with Crippen LogP contribution in [0.1, 0.15) is 75.8 Å². The van der Waals surface area contributed by atoms with Crippen LogP contribution in [0.3, 0.4) is 0 Å². The van der Waals surface area contributed by atoms with Crippen LogP contribution in [-0.2, 0) is 58.9 Å². The number of hydrogen-bond acceptors (Lipinski definition) is 19. The SMILES string of the molecule is COc1ccc([C@@H](OC(=O)OCc2ccc(NC(=O)[C@H](C)NC(=O)[C@@H](NC(=O)COCCOCCOCCNC(=O)COC3CC/C=C/CCC3)C(C)(C)S)cc2)c2cc(-c3ncnc4cc(N5CCOCC5)ccc34)c(F)cc2Cl)nn1. The average molecular weight is 1190 g/mol. The van der Waals surface area contributed by atoms with E-state index in [-0.39, 0.29) is 85.1 Å². The highest BCUT2D eigenvalue weighted by molar-refractivity contribution is 7.81. The number of morpholine rings is 1. The predicted molar refractivity (Wildman–Crippen MR) is 310 cm³/mol. The van der Waals surface area contributed by atoms with Crippen LogP contribution in [0.2, 0.25) is 5.02 Å². The third-order valence-corrected chi connectivity index (χ3v) is 13.9. The number of anilines is 2. The van der Waals surface area contributed by atoms with Crippen LogP contribution in [0.15, 0.2) is 85.2 Å². The van der Waals surface area contributed by atoms with Crippen molar-refractivity contribution in [1.82, 2.24) is 36.1 Å². The zero-order chi connectivity index (χ0) is 59.1. The molecule has 7 rings (SSSR count). The predicted octanol–water partition coefficient (Wildman–Crippen LogP) is 6.88. The monoisotopic (exact) mass is 1190 g/mol. The smallest absolute Gasteiger partial charge is 0.480 e. The van der Waals surface area contributed by atoms with Crippen molar-refractivity contribution in [3.05, 3.63) is 113 Å². The molecule has 2 aliphatic rings. The molecule has 446 valence electrons. The zero-order valence-electron chi connectivity index (χ0n) is 46.9. The molecule has 3 aromatic carbocycles. The summed E-state index contributed by atoms with van der Waals surface area (Å²) in [5.74, 6) is -2.47. The Labute approximate surface area is 491 Å². The number of aromatic nitrogens is 4. The standard InChI is InChI=1S/C58H71ClFN9O13S/c1-37(64-56(73)54(58(2,3)83)66-50(71)34-79-29-28-78-27-26-76-23-20-61-49(70)35-80-41-10-8-6-5-7-9-11-41)55(72)65-39-14-12-38(13-15-39)33-81-57(74)82-53(47-18-19-51(75-4)68-67-47)43-31-44(46(60)32-45(43)59)52-42-17-16-40(30-48(42)62-36-63-52)69-21-24-77-25-22-69/h5-6,12-19,30-32,36-37,41,53-54,83H,7-11,20-29,33-35H2,1-4H3,(H,61,70)(H,64,73)(H,65,72)(H,66,71)/b6-5+/t37-,41?,53-,54+/m0/s1. The summed E-state index contributed by atoms with van der Waals surface area (Å²) in [6.07, 6.45) is 8.26. The number of thiol groups is 1. The second-order valence-electron chi connectivity index (χ2n) is 20.0. The van der Waals surface area contributed by atoms with Gasteiger partial charge >= 0.3 is 6.16 Å². The largest absolute Gasteiger partial charge is 0.509 e. The van der Waals surface area contributed by atoms with Gasteiger partial charge in [0.15, 0.2) is 6.10 Å². The van der Waals surface area contributed by atoms with Gasteiger partial charge in [-0.2, -0.15) is 12.6 Å². The van der Waals surface area contributed by atoms with Crippen molar-refractivity contribution in [2.24, 2.45) is 0 Å². The van der Waals surface area contributed by atoms with E-state index >= 15 is 4.39 Å². The number of amides is 4. The summed E-state index contributed by atoms with van der Waals surface area (Å²) in [6, 6.07) is 15.4. The van der Waals surface area contributed by atoms with E-state index in [9.17, 15) is 24.0 Å². The van der Waals surface area contributed by atoms with E-state index < -0.39 is 52.6 Å². The Hall–Kier alpha value is -7.06. The number of methoxy groups -OCH3 is 1. The van der Waals surface area contributed by atoms with E-state index in [2.05, 4.69) is 71.1 Å². The maximum absolute atomic E-state index is 16.0. The van der Waals surface area contributed by atoms with Gasteiger partial charge in [0.25, 0.3) is 0 Å². The molecule has 83 heavy (non-hydrogen) atoms. The molecule has 0 saturated carbocycles. The topological polar surface area (TPSA) is 262 Å². The lowest BCUT2D eigenvalue weighted by Crippen LogP contribution is -2.58. The fourth-order valence-electron chi connectivity index (χ4n) is 8.83. The quantitative estimate of drug-likeness (QED) is 0.0148. The highest BCUT2D eigenvalue weighted by Crippen LogP contribution is 2.38. The number of benzene rings is 3. The number of fused-ring (bicyclic) bond motifs is 1. The van der Waals surface area contributed by atoms with Crippen molar-refractivity contribution in [3.8, 4) is 17.1 Å². The number of nitrogens with zero attached hydrogens (tertiary/aromatic N) is 5. The zero-order valence-corrected chi connectivity index (χ0v) is 48.5. The highest BCUT2D eigenvalue weighted by atomic mass is 35.5. The maximum atomic E-state index is 16.0. The van der Waals surface area contributed by atoms with Crippen molar-refractivity contribution >= 4 is 76.3 Å². The third-order valence-electron chi connectivity index (χ3n) is 13.3. The fraction of sp³-hybridized carbons (Fsp3) is 0.466. The first-order valence-corrected chi connectivity index (χ1v) is 28.1. The number of ether oxygens (including phenoxy) is 8. The first-order valence-electron chi connectivity index (χ1n) is 27.3. The van der Waals surface area contributed by atoms with Crippen LogP contribution in [0.5, 0.6) is 5.88 Å². The Morgan fingerprint density at radius 3 is 2.33 bits per heavy atom. The van der Waals surface area contributed by atoms with E-state index in [1.54, 1.807) is 38.1 Å². The van der Waals surface area contributed by atoms with Gasteiger partial charge in [-0.05, 0) is 107 Å². The normalized spacial score (nSPS) is 16.1. The van der Waals surface area contributed by atoms with Crippen molar-refractivity contribution in [2.75, 3.05) is 96.4 Å². The molecular formula is C58H71ClFN9O13S. The lowest BCUT2D eigenvalue weighted by atomic mass is 9.99. The van der Waals surface area contributed by atoms with Crippen LogP contribution in [0.4, 0.5) is 20.6 Å². The van der Waals surface area contributed by atoms with Gasteiger partial charge in [-0.1, -0.05) is 35.9 Å². The first kappa shape index (κ1) is 63.5. The van der Waals surface area contributed by atoms with Gasteiger partial charge < -0.3 is 64.1 Å². The van der Waals surface area contributed by atoms with Crippen LogP contribution in [0, 0.1) is 5.82 Å². The second kappa shape index (κ2) is 32.1. The van der Waals surface area contributed by atoms with Gasteiger partial charge in [-0.25, -0.2) is 19.2 Å². The minimum Gasteiger partial charge on any atom is -0.480 e. The first-order chi connectivity index (χ1) is 40.1. The lowest BCUT2D eigenvalue weighted by Gasteiger charge is -2.30. The molecule has 22 nitrogen and oxygen atoms in total. The van der Waals surface area contributed by atoms with E-state index in [1.807, 2.05) is 18.2 Å². The van der Waals surface area contributed by atoms with Gasteiger partial charge in [-0.15, -0.1) is 10.2 Å². The second-order valence-corrected chi connectivity index (χ2v) is 21.6. The summed E-state index contributed by atoms with van der Waals surface area (Å²) in [6.45, 7) is 8.32. The molecule has 2 aromatic heterocycles. The molecule has 1 unspecified atom stereocenters. The van der Waals surface area contributed by atoms with Crippen molar-refractivity contribution in [1.29, 1.82) is 0 Å². The third kappa shape index (κ3) is 19.8. The summed E-state index contributed by atoms with van der Waals surface area (Å²) in [5, 5.41) is 19.5. The number of allylic oxidation sites excluding steroid dienone is 2. The molecule has 4 amide bonds. The van der Waals surface area contributed by atoms with Crippen molar-refractivity contribution in [2.45, 2.75) is 88.5 Å². The number of nitrogens with one attached hydrogen (secondary N) is 4. The highest BCUT2D eigenvalue weighted by Gasteiger charge is 2.35. The molecule has 1 aliphatic heterocycles. The van der Waals surface area contributed by atoms with Gasteiger partial charge in [0.2, 0.25) is 29.5 Å². The molecule has 0 bridgehead atoms. The number of carbonyl (C=O) groups is 5. The fourth-order valence-corrected chi connectivity index (χ4v) is 9.26. The average Bonchev–Trinajstić information content (AvgIpc) is 3.48. The maximum Gasteiger partial charge on any atom is 0.509 e. The molecule has 4 N–H and O–H groups in total. The Kier molecular flexibility index (Phi) is 24.6. The summed E-state index contributed by atoms with van der Waals surface area (Å²) < 4.78 is 59.2. The number of hydrogen-bond donors (Lipinski definition) is 5. The Morgan fingerprint density at radius 2 is 1.59 bits per heavy atom. The lowest BCUT2D eigenvalue weighted by molar-refractivity contribution is -0.133. The molecule has 1 aliphatic carbocycles. The summed E-state index contributed by atoms with van der Waals surface area (Å²) in [7, 11) is 1.42. The minimum absolute atomic E-state index is 0.0260. The summed E-state index contributed by atoms with van der Waals surface area (Å²) >= 11 is 11.2. The van der Waals surface area contributed by atoms with Crippen LogP contribution in [0.25, 0.3) is 22.2 Å². The Balaban J connectivity index is 0.838. The Morgan fingerprint density at radius 1 is 0.843 bits per heavy atom. The van der Waals surface area contributed by atoms with Crippen molar-refractivity contribution < 1.29 is 66.3 Å². The van der Waals surface area contributed by atoms with Crippen LogP contribution in [-0.4, -0.2) is 159 Å². The molecular weight excluding hydrogens is 1120 g/mol. The minimum atomic E-state index is -1.34. The molecule has 0 radical (unpaired) electrons. The van der Waals surface area contributed by atoms with E-state index in [0.717, 1.165) is 56.9 Å². The number of rotatable bonds is 28. The molecule has 1 saturated heterocycles. The molecule has 5 aromatic rings. The molecule has 3 heterocycles. The van der Waals surface area contributed by atoms with E-state index in [4.69, 9.17) is 49.5 Å². The molecule has 25 heteroatoms. The van der Waals surface area contributed by atoms with Gasteiger partial charge in [0.05, 0.1) is 75.7 Å². The van der Waals surface area contributed by atoms with Crippen LogP contribution < -0.4 is 30.9 Å².